The molecule has 0 amide bonds. The summed E-state index contributed by atoms with van der Waals surface area (Å²) in [5, 5.41) is 0. The second-order valence-electron chi connectivity index (χ2n) is 4.80. The van der Waals surface area contributed by atoms with Gasteiger partial charge in [-0.05, 0) is 32.9 Å². The third-order valence-corrected chi connectivity index (χ3v) is 4.91. The third-order valence-electron chi connectivity index (χ3n) is 2.40. The lowest BCUT2D eigenvalue weighted by molar-refractivity contribution is 0.102. The van der Waals surface area contributed by atoms with Gasteiger partial charge in [-0.15, -0.1) is 0 Å². The number of hydrogen-bond acceptors (Lipinski definition) is 3. The first-order valence-electron chi connectivity index (χ1n) is 5.14. The van der Waals surface area contributed by atoms with Crippen molar-refractivity contribution < 1.29 is 17.6 Å². The third kappa shape index (κ3) is 3.36. The molecular weight excluding hydrogens is 243 g/mol. The Morgan fingerprint density at radius 1 is 1.29 bits per heavy atom. The molecule has 0 unspecified atom stereocenters. The SMILES string of the molecule is CC(C)(C)S(=O)(=O)CC(=O)c1cccc(F)c1. The predicted octanol–water partition coefficient (Wildman–Crippen LogP) is 2.22. The van der Waals surface area contributed by atoms with E-state index in [0.29, 0.717) is 0 Å². The zero-order valence-corrected chi connectivity index (χ0v) is 10.8. The number of sulfone groups is 1. The van der Waals surface area contributed by atoms with Gasteiger partial charge in [0.15, 0.2) is 15.6 Å². The lowest BCUT2D eigenvalue weighted by Crippen LogP contribution is -2.33. The van der Waals surface area contributed by atoms with Crippen LogP contribution in [0.25, 0.3) is 0 Å². The van der Waals surface area contributed by atoms with Crippen molar-refractivity contribution in [2.24, 2.45) is 0 Å². The van der Waals surface area contributed by atoms with E-state index in [1.54, 1.807) is 0 Å². The molecule has 1 rings (SSSR count). The van der Waals surface area contributed by atoms with Crippen LogP contribution in [0.1, 0.15) is 31.1 Å². The Hall–Kier alpha value is -1.23. The molecular formula is C12H15FO3S. The summed E-state index contributed by atoms with van der Waals surface area (Å²) in [6.45, 7) is 4.59. The Balaban J connectivity index is 2.96. The molecule has 0 saturated carbocycles. The Morgan fingerprint density at radius 2 is 1.88 bits per heavy atom. The lowest BCUT2D eigenvalue weighted by Gasteiger charge is -2.18. The van der Waals surface area contributed by atoms with E-state index in [1.165, 1.54) is 39.0 Å². The number of carbonyl (C=O) groups excluding carboxylic acids is 1. The van der Waals surface area contributed by atoms with E-state index in [1.807, 2.05) is 0 Å². The van der Waals surface area contributed by atoms with Gasteiger partial charge in [0.25, 0.3) is 0 Å². The maximum absolute atomic E-state index is 12.9. The van der Waals surface area contributed by atoms with Crippen LogP contribution in [0.15, 0.2) is 24.3 Å². The van der Waals surface area contributed by atoms with Gasteiger partial charge in [0.2, 0.25) is 0 Å². The zero-order valence-electron chi connectivity index (χ0n) is 10.0. The number of rotatable bonds is 3. The van der Waals surface area contributed by atoms with Crippen LogP contribution in [0.5, 0.6) is 0 Å². The van der Waals surface area contributed by atoms with Crippen molar-refractivity contribution in [3.05, 3.63) is 35.6 Å². The molecule has 1 aromatic carbocycles. The molecule has 1 aromatic rings. The van der Waals surface area contributed by atoms with Gasteiger partial charge >= 0.3 is 0 Å². The van der Waals surface area contributed by atoms with Crippen LogP contribution in [0.2, 0.25) is 0 Å². The molecule has 0 aliphatic heterocycles. The molecule has 0 N–H and O–H groups in total. The number of ketones is 1. The van der Waals surface area contributed by atoms with Crippen LogP contribution in [-0.2, 0) is 9.84 Å². The summed E-state index contributed by atoms with van der Waals surface area (Å²) in [7, 11) is -3.53. The number of halogens is 1. The molecule has 0 saturated heterocycles. The number of benzene rings is 1. The summed E-state index contributed by atoms with van der Waals surface area (Å²) in [4.78, 5) is 11.7. The summed E-state index contributed by atoms with van der Waals surface area (Å²) >= 11 is 0. The van der Waals surface area contributed by atoms with Crippen LogP contribution in [-0.4, -0.2) is 24.7 Å². The van der Waals surface area contributed by atoms with E-state index in [-0.39, 0.29) is 5.56 Å². The molecule has 0 fully saturated rings. The molecule has 0 radical (unpaired) electrons. The van der Waals surface area contributed by atoms with Gasteiger partial charge in [0.1, 0.15) is 11.6 Å². The molecule has 5 heteroatoms. The Bertz CT molecular complexity index is 527. The minimum absolute atomic E-state index is 0.0813. The maximum atomic E-state index is 12.9. The zero-order chi connectivity index (χ0) is 13.3. The van der Waals surface area contributed by atoms with Crippen LogP contribution < -0.4 is 0 Å². The smallest absolute Gasteiger partial charge is 0.177 e. The lowest BCUT2D eigenvalue weighted by atomic mass is 10.1. The Kier molecular flexibility index (Phi) is 3.71. The second-order valence-corrected chi connectivity index (χ2v) is 7.55. The van der Waals surface area contributed by atoms with Crippen molar-refractivity contribution in [1.29, 1.82) is 0 Å². The highest BCUT2D eigenvalue weighted by atomic mass is 32.2. The minimum Gasteiger partial charge on any atom is -0.293 e. The molecule has 94 valence electrons. The first-order valence-corrected chi connectivity index (χ1v) is 6.80. The monoisotopic (exact) mass is 258 g/mol. The Labute approximate surface area is 101 Å². The first kappa shape index (κ1) is 13.8. The van der Waals surface area contributed by atoms with Gasteiger partial charge in [-0.3, -0.25) is 4.79 Å². The normalized spacial score (nSPS) is 12.5. The average Bonchev–Trinajstić information content (AvgIpc) is 2.15. The Morgan fingerprint density at radius 3 is 2.35 bits per heavy atom. The molecule has 17 heavy (non-hydrogen) atoms. The summed E-state index contributed by atoms with van der Waals surface area (Å²) in [6.07, 6.45) is 0. The van der Waals surface area contributed by atoms with E-state index in [0.717, 1.165) is 6.07 Å². The number of Topliss-reactive ketones (excluding diaryl/α,β-unsaturated/α-hetero) is 1. The van der Waals surface area contributed by atoms with Crippen molar-refractivity contribution in [3.63, 3.8) is 0 Å². The molecule has 0 aromatic heterocycles. The van der Waals surface area contributed by atoms with Crippen LogP contribution in [0, 0.1) is 5.82 Å². The highest BCUT2D eigenvalue weighted by molar-refractivity contribution is 7.93. The minimum atomic E-state index is -3.53. The number of hydrogen-bond donors (Lipinski definition) is 0. The molecule has 0 atom stereocenters. The summed E-state index contributed by atoms with van der Waals surface area (Å²) < 4.78 is 35.5. The second kappa shape index (κ2) is 4.56. The van der Waals surface area contributed by atoms with E-state index in [4.69, 9.17) is 0 Å². The summed E-state index contributed by atoms with van der Waals surface area (Å²) in [5.41, 5.74) is 0.0813. The van der Waals surface area contributed by atoms with Gasteiger partial charge in [0, 0.05) is 5.56 Å². The fourth-order valence-electron chi connectivity index (χ4n) is 1.13. The van der Waals surface area contributed by atoms with E-state index < -0.39 is 31.9 Å². The fourth-order valence-corrected chi connectivity index (χ4v) is 2.08. The standard InChI is InChI=1S/C12H15FO3S/c1-12(2,3)17(15,16)8-11(14)9-5-4-6-10(13)7-9/h4-7H,8H2,1-3H3. The topological polar surface area (TPSA) is 51.2 Å². The molecule has 3 nitrogen and oxygen atoms in total. The average molecular weight is 258 g/mol. The molecule has 0 spiro atoms. The van der Waals surface area contributed by atoms with Crippen molar-refractivity contribution in [1.82, 2.24) is 0 Å². The largest absolute Gasteiger partial charge is 0.293 e. The van der Waals surface area contributed by atoms with Gasteiger partial charge in [0.05, 0.1) is 4.75 Å². The fraction of sp³-hybridized carbons (Fsp3) is 0.417. The van der Waals surface area contributed by atoms with Crippen LogP contribution in [0.4, 0.5) is 4.39 Å². The quantitative estimate of drug-likeness (QED) is 0.781. The highest BCUT2D eigenvalue weighted by Crippen LogP contribution is 2.17. The van der Waals surface area contributed by atoms with E-state index >= 15 is 0 Å². The predicted molar refractivity (Wildman–Crippen MR) is 64.3 cm³/mol. The number of carbonyl (C=O) groups is 1. The van der Waals surface area contributed by atoms with Crippen molar-refractivity contribution in [3.8, 4) is 0 Å². The van der Waals surface area contributed by atoms with Crippen LogP contribution >= 0.6 is 0 Å². The van der Waals surface area contributed by atoms with Gasteiger partial charge in [-0.2, -0.15) is 0 Å². The van der Waals surface area contributed by atoms with Crippen LogP contribution in [0.3, 0.4) is 0 Å². The summed E-state index contributed by atoms with van der Waals surface area (Å²) in [6, 6.07) is 5.03. The van der Waals surface area contributed by atoms with Gasteiger partial charge < -0.3 is 0 Å². The van der Waals surface area contributed by atoms with Gasteiger partial charge in [-0.1, -0.05) is 12.1 Å². The molecule has 0 aliphatic rings. The van der Waals surface area contributed by atoms with E-state index in [9.17, 15) is 17.6 Å². The molecule has 0 aliphatic carbocycles. The van der Waals surface area contributed by atoms with Crippen molar-refractivity contribution in [2.75, 3.05) is 5.75 Å². The van der Waals surface area contributed by atoms with Crippen molar-refractivity contribution in [2.45, 2.75) is 25.5 Å². The van der Waals surface area contributed by atoms with Crippen molar-refractivity contribution >= 4 is 15.6 Å². The first-order chi connectivity index (χ1) is 7.63. The maximum Gasteiger partial charge on any atom is 0.177 e. The molecule has 0 bridgehead atoms. The molecule has 0 heterocycles. The highest BCUT2D eigenvalue weighted by Gasteiger charge is 2.31. The summed E-state index contributed by atoms with van der Waals surface area (Å²) in [5.74, 6) is -1.73. The van der Waals surface area contributed by atoms with E-state index in [2.05, 4.69) is 0 Å². The van der Waals surface area contributed by atoms with Gasteiger partial charge in [-0.25, -0.2) is 12.8 Å².